The molecule has 0 aromatic rings. The van der Waals surface area contributed by atoms with Crippen LogP contribution in [0.2, 0.25) is 0 Å². The van der Waals surface area contributed by atoms with Crippen LogP contribution in [0.5, 0.6) is 0 Å². The van der Waals surface area contributed by atoms with Crippen molar-refractivity contribution in [2.45, 2.75) is 0 Å². The largest absolute Gasteiger partial charge is 4.00 e. The molecule has 0 aliphatic rings. The van der Waals surface area contributed by atoms with Crippen molar-refractivity contribution in [2.24, 2.45) is 0 Å². The molecule has 0 spiro atoms. The van der Waals surface area contributed by atoms with Crippen LogP contribution in [0.15, 0.2) is 0 Å². The van der Waals surface area contributed by atoms with Gasteiger partial charge >= 0.3 is 101 Å². The minimum Gasteiger partial charge on any atom is -2.00 e. The molecule has 0 aliphatic heterocycles. The Morgan fingerprint density at radius 3 is 0.500 bits per heavy atom. The van der Waals surface area contributed by atoms with Gasteiger partial charge in [0.1, 0.15) is 0 Å². The van der Waals surface area contributed by atoms with Crippen LogP contribution in [0, 0.1) is 41.7 Å². The average molecular weight is 400 g/mol. The van der Waals surface area contributed by atoms with Crippen molar-refractivity contribution < 1.29 is 128 Å². The van der Waals surface area contributed by atoms with Gasteiger partial charge in [-0.05, 0) is 0 Å². The van der Waals surface area contributed by atoms with E-state index in [1.165, 1.54) is 0 Å². The summed E-state index contributed by atoms with van der Waals surface area (Å²) in [6, 6.07) is 0. The zero-order chi connectivity index (χ0) is 0. The van der Waals surface area contributed by atoms with Crippen LogP contribution in [0.3, 0.4) is 0 Å². The molecule has 0 atom stereocenters. The Hall–Kier alpha value is 3.16. The summed E-state index contributed by atoms with van der Waals surface area (Å²) < 4.78 is 0. The van der Waals surface area contributed by atoms with Crippen LogP contribution in [0.1, 0.15) is 0 Å². The molecule has 41 valence electrons. The minimum absolute atomic E-state index is 0. The molecule has 0 heterocycles. The predicted octanol–water partition coefficient (Wildman–Crippen LogP) is -0.599. The van der Waals surface area contributed by atoms with Gasteiger partial charge in [-0.25, -0.2) is 0 Å². The van der Waals surface area contributed by atoms with Gasteiger partial charge < -0.3 is 27.4 Å². The van der Waals surface area contributed by atoms with Crippen molar-refractivity contribution >= 4 is 0 Å². The van der Waals surface area contributed by atoms with Gasteiger partial charge in [-0.2, -0.15) is 0 Å². The van der Waals surface area contributed by atoms with Gasteiger partial charge in [0.05, 0.1) is 0 Å². The average Bonchev–Trinajstić information content (AvgIpc) is 0. The third-order valence-electron chi connectivity index (χ3n) is 0. The molecule has 0 amide bonds. The number of hydrogen-bond donors (Lipinski definition) is 0. The summed E-state index contributed by atoms with van der Waals surface area (Å²) in [5.41, 5.74) is 0. The number of hydrogen-bond acceptors (Lipinski definition) is 0. The molecule has 1 radical (unpaired) electrons. The maximum Gasteiger partial charge on any atom is 4.00 e. The molecule has 0 aromatic heterocycles. The fourth-order valence-electron chi connectivity index (χ4n) is 0. The minimum atomic E-state index is 0. The molecule has 0 saturated heterocycles. The summed E-state index contributed by atoms with van der Waals surface area (Å²) in [6.45, 7) is 0. The molecule has 8 heteroatoms. The van der Waals surface area contributed by atoms with Crippen molar-refractivity contribution in [1.82, 2.24) is 0 Å². The van der Waals surface area contributed by atoms with Crippen molar-refractivity contribution in [3.63, 3.8) is 0 Å². The first-order chi connectivity index (χ1) is 0. The summed E-state index contributed by atoms with van der Waals surface area (Å²) in [4.78, 5) is 0. The number of rotatable bonds is 0. The molecule has 0 N–H and O–H groups in total. The van der Waals surface area contributed by atoms with Crippen LogP contribution in [0.4, 0.5) is 0 Å². The Bertz CT molecular complexity index is 12.4. The molecular weight excluding hydrogens is 400 g/mol. The van der Waals surface area contributed by atoms with Gasteiger partial charge in [0.25, 0.3) is 0 Å². The summed E-state index contributed by atoms with van der Waals surface area (Å²) in [6.07, 6.45) is 0. The Morgan fingerprint density at radius 1 is 0.500 bits per heavy atom. The monoisotopic (exact) mass is 399 g/mol. The maximum atomic E-state index is 0. The van der Waals surface area contributed by atoms with E-state index >= 15 is 0 Å². The SMILES string of the molecule is [Ce+3].[O-2].[O-2].[O-2].[O-2].[O-2].[Y+3].[Zr+4]. The standard InChI is InChI=1S/Ce.5O.Y.Zr/q+3;5*-2;+3;+4. The van der Waals surface area contributed by atoms with E-state index in [4.69, 9.17) is 0 Å². The second-order valence-electron chi connectivity index (χ2n) is 0. The third kappa shape index (κ3) is 61.0. The Kier molecular flexibility index (Phi) is 1230. The van der Waals surface area contributed by atoms with E-state index in [-0.39, 0.29) is 128 Å². The van der Waals surface area contributed by atoms with E-state index in [9.17, 15) is 0 Å². The smallest absolute Gasteiger partial charge is 2.00 e. The van der Waals surface area contributed by atoms with E-state index in [2.05, 4.69) is 0 Å². The van der Waals surface area contributed by atoms with Crippen LogP contribution in [-0.2, 0) is 86.3 Å². The van der Waals surface area contributed by atoms with E-state index in [1.54, 1.807) is 0 Å². The van der Waals surface area contributed by atoms with Crippen molar-refractivity contribution in [3.8, 4) is 0 Å². The maximum absolute atomic E-state index is 0. The quantitative estimate of drug-likeness (QED) is 0.512. The van der Waals surface area contributed by atoms with Gasteiger partial charge in [0, 0.05) is 0 Å². The Labute approximate surface area is 125 Å². The molecule has 0 aliphatic carbocycles. The van der Waals surface area contributed by atoms with Crippen molar-refractivity contribution in [2.75, 3.05) is 0 Å². The van der Waals surface area contributed by atoms with Gasteiger partial charge in [0.2, 0.25) is 0 Å². The molecule has 0 bridgehead atoms. The van der Waals surface area contributed by atoms with Gasteiger partial charge in [-0.15, -0.1) is 0 Å². The second-order valence-corrected chi connectivity index (χ2v) is 0. The summed E-state index contributed by atoms with van der Waals surface area (Å²) >= 11 is 0. The van der Waals surface area contributed by atoms with Crippen LogP contribution in [0.25, 0.3) is 0 Å². The first kappa shape index (κ1) is 115. The van der Waals surface area contributed by atoms with Gasteiger partial charge in [0.15, 0.2) is 0 Å². The topological polar surface area (TPSA) is 142 Å². The van der Waals surface area contributed by atoms with E-state index in [0.717, 1.165) is 0 Å². The normalized spacial score (nSPS) is 0. The molecule has 0 fully saturated rings. The zero-order valence-corrected chi connectivity index (χ0v) is 12.1. The van der Waals surface area contributed by atoms with Crippen LogP contribution < -0.4 is 0 Å². The van der Waals surface area contributed by atoms with E-state index in [0.29, 0.717) is 0 Å². The van der Waals surface area contributed by atoms with Crippen molar-refractivity contribution in [3.05, 3.63) is 0 Å². The fraction of sp³-hybridized carbons (Fsp3) is 0. The second kappa shape index (κ2) is 85.3. The fourth-order valence-corrected chi connectivity index (χ4v) is 0. The Balaban J connectivity index is 0. The van der Waals surface area contributed by atoms with E-state index < -0.39 is 0 Å². The third-order valence-corrected chi connectivity index (χ3v) is 0. The summed E-state index contributed by atoms with van der Waals surface area (Å²) in [7, 11) is 0. The van der Waals surface area contributed by atoms with Crippen LogP contribution in [-0.4, -0.2) is 0 Å². The molecule has 0 rings (SSSR count). The van der Waals surface area contributed by atoms with Crippen molar-refractivity contribution in [1.29, 1.82) is 0 Å². The first-order valence-corrected chi connectivity index (χ1v) is 0. The molecule has 8 heavy (non-hydrogen) atoms. The summed E-state index contributed by atoms with van der Waals surface area (Å²) in [5, 5.41) is 0. The molecule has 0 aromatic carbocycles. The molecule has 5 nitrogen and oxygen atoms in total. The Morgan fingerprint density at radius 2 is 0.500 bits per heavy atom. The predicted molar refractivity (Wildman–Crippen MR) is 3.43 cm³/mol. The molecular formula is CeO5YZr. The molecule has 0 saturated carbocycles. The first-order valence-electron chi connectivity index (χ1n) is 0. The summed E-state index contributed by atoms with van der Waals surface area (Å²) in [5.74, 6) is 0. The van der Waals surface area contributed by atoms with E-state index in [1.807, 2.05) is 0 Å². The van der Waals surface area contributed by atoms with Gasteiger partial charge in [-0.1, -0.05) is 0 Å². The van der Waals surface area contributed by atoms with Crippen LogP contribution >= 0.6 is 0 Å². The van der Waals surface area contributed by atoms with Gasteiger partial charge in [-0.3, -0.25) is 0 Å². The molecule has 0 unspecified atom stereocenters. The zero-order valence-electron chi connectivity index (χ0n) is 3.62.